The molecule has 3 rings (SSSR count). The van der Waals surface area contributed by atoms with E-state index in [1.807, 2.05) is 0 Å². The van der Waals surface area contributed by atoms with Crippen molar-refractivity contribution in [1.29, 1.82) is 0 Å². The Bertz CT molecular complexity index is 932. The van der Waals surface area contributed by atoms with Crippen LogP contribution < -0.4 is 11.1 Å². The molecule has 0 bridgehead atoms. The smallest absolute Gasteiger partial charge is 0.434 e. The summed E-state index contributed by atoms with van der Waals surface area (Å²) in [5, 5.41) is 2.63. The number of benzene rings is 1. The second-order valence-electron chi connectivity index (χ2n) is 6.19. The van der Waals surface area contributed by atoms with Gasteiger partial charge in [0.1, 0.15) is 5.56 Å². The molecule has 0 unspecified atom stereocenters. The Balaban J connectivity index is 1.91. The third-order valence-electron chi connectivity index (χ3n) is 4.26. The summed E-state index contributed by atoms with van der Waals surface area (Å²) < 4.78 is 46.1. The number of esters is 1. The van der Waals surface area contributed by atoms with Gasteiger partial charge in [0.2, 0.25) is 5.95 Å². The summed E-state index contributed by atoms with van der Waals surface area (Å²) in [5.41, 5.74) is 1.73. The first-order valence-corrected chi connectivity index (χ1v) is 8.90. The first kappa shape index (κ1) is 20.1. The Kier molecular flexibility index (Phi) is 5.28. The van der Waals surface area contributed by atoms with Gasteiger partial charge in [-0.3, -0.25) is 4.79 Å². The van der Waals surface area contributed by atoms with Gasteiger partial charge in [0.05, 0.1) is 0 Å². The second kappa shape index (κ2) is 7.38. The molecule has 1 aromatic carbocycles. The molecule has 28 heavy (non-hydrogen) atoms. The second-order valence-corrected chi connectivity index (χ2v) is 7.11. The van der Waals surface area contributed by atoms with Crippen LogP contribution in [0.3, 0.4) is 0 Å². The Hall–Kier alpha value is -2.69. The fourth-order valence-electron chi connectivity index (χ4n) is 2.63. The standard InChI is InChI=1S/C17H14BrF3N4O3/c18-9-3-1-4-10(7-9)24-15-23-8-11(12(25-15)17(19,20)21)13(26)28-16(14(22)27)5-2-6-16/h1,3-4,7-8H,2,5-6H2,(H2,22,27)(H,23,24,25). The lowest BCUT2D eigenvalue weighted by molar-refractivity contribution is -0.147. The van der Waals surface area contributed by atoms with Crippen molar-refractivity contribution >= 4 is 39.4 Å². The summed E-state index contributed by atoms with van der Waals surface area (Å²) in [4.78, 5) is 31.0. The molecule has 0 aliphatic heterocycles. The maximum absolute atomic E-state index is 13.5. The van der Waals surface area contributed by atoms with Gasteiger partial charge in [0.15, 0.2) is 11.3 Å². The number of ether oxygens (including phenoxy) is 1. The summed E-state index contributed by atoms with van der Waals surface area (Å²) in [7, 11) is 0. The molecule has 0 spiro atoms. The highest BCUT2D eigenvalue weighted by atomic mass is 79.9. The van der Waals surface area contributed by atoms with E-state index in [0.29, 0.717) is 22.8 Å². The maximum atomic E-state index is 13.5. The van der Waals surface area contributed by atoms with Crippen LogP contribution in [0.25, 0.3) is 0 Å². The van der Waals surface area contributed by atoms with Crippen molar-refractivity contribution in [3.63, 3.8) is 0 Å². The van der Waals surface area contributed by atoms with Crippen LogP contribution >= 0.6 is 15.9 Å². The number of nitrogens with zero attached hydrogens (tertiary/aromatic N) is 2. The Labute approximate surface area is 165 Å². The number of primary amides is 1. The highest BCUT2D eigenvalue weighted by molar-refractivity contribution is 9.10. The Morgan fingerprint density at radius 1 is 1.29 bits per heavy atom. The molecule has 1 amide bonds. The molecule has 1 aliphatic carbocycles. The van der Waals surface area contributed by atoms with E-state index < -0.39 is 34.9 Å². The number of hydrogen-bond donors (Lipinski definition) is 2. The molecule has 1 aromatic heterocycles. The molecule has 3 N–H and O–H groups in total. The third kappa shape index (κ3) is 4.08. The fraction of sp³-hybridized carbons (Fsp3) is 0.294. The molecule has 1 saturated carbocycles. The Morgan fingerprint density at radius 2 is 2.00 bits per heavy atom. The molecular formula is C17H14BrF3N4O3. The number of anilines is 2. The van der Waals surface area contributed by atoms with Gasteiger partial charge in [-0.25, -0.2) is 14.8 Å². The van der Waals surface area contributed by atoms with Crippen molar-refractivity contribution in [2.75, 3.05) is 5.32 Å². The summed E-state index contributed by atoms with van der Waals surface area (Å²) in [6.07, 6.45) is -3.32. The van der Waals surface area contributed by atoms with Gasteiger partial charge in [-0.05, 0) is 37.5 Å². The number of nitrogens with one attached hydrogen (secondary N) is 1. The van der Waals surface area contributed by atoms with E-state index in [0.717, 1.165) is 0 Å². The average Bonchev–Trinajstić information content (AvgIpc) is 2.56. The van der Waals surface area contributed by atoms with E-state index in [1.165, 1.54) is 0 Å². The lowest BCUT2D eigenvalue weighted by Crippen LogP contribution is -2.52. The van der Waals surface area contributed by atoms with Gasteiger partial charge < -0.3 is 15.8 Å². The number of amides is 1. The normalized spacial score (nSPS) is 15.4. The van der Waals surface area contributed by atoms with E-state index in [9.17, 15) is 22.8 Å². The minimum absolute atomic E-state index is 0.165. The lowest BCUT2D eigenvalue weighted by Gasteiger charge is -2.37. The monoisotopic (exact) mass is 458 g/mol. The number of halogens is 4. The summed E-state index contributed by atoms with van der Waals surface area (Å²) in [6.45, 7) is 0. The lowest BCUT2D eigenvalue weighted by atomic mass is 9.79. The zero-order valence-corrected chi connectivity index (χ0v) is 15.8. The van der Waals surface area contributed by atoms with E-state index >= 15 is 0 Å². The predicted molar refractivity (Wildman–Crippen MR) is 95.7 cm³/mol. The Morgan fingerprint density at radius 3 is 2.54 bits per heavy atom. The van der Waals surface area contributed by atoms with E-state index in [1.54, 1.807) is 24.3 Å². The molecule has 0 atom stereocenters. The van der Waals surface area contributed by atoms with E-state index in [2.05, 4.69) is 31.2 Å². The number of rotatable bonds is 5. The molecule has 7 nitrogen and oxygen atoms in total. The number of aromatic nitrogens is 2. The predicted octanol–water partition coefficient (Wildman–Crippen LogP) is 3.57. The number of hydrogen-bond acceptors (Lipinski definition) is 6. The SMILES string of the molecule is NC(=O)C1(OC(=O)c2cnc(Nc3cccc(Br)c3)nc2C(F)(F)F)CCC1. The van der Waals surface area contributed by atoms with Crippen molar-refractivity contribution < 1.29 is 27.5 Å². The number of alkyl halides is 3. The quantitative estimate of drug-likeness (QED) is 0.663. The minimum Gasteiger partial charge on any atom is -0.445 e. The van der Waals surface area contributed by atoms with E-state index in [-0.39, 0.29) is 18.8 Å². The molecule has 0 radical (unpaired) electrons. The van der Waals surface area contributed by atoms with Gasteiger partial charge in [0, 0.05) is 16.4 Å². The van der Waals surface area contributed by atoms with Gasteiger partial charge in [-0.2, -0.15) is 13.2 Å². The van der Waals surface area contributed by atoms with Crippen LogP contribution in [0.1, 0.15) is 35.3 Å². The minimum atomic E-state index is -4.94. The van der Waals surface area contributed by atoms with Gasteiger partial charge in [0.25, 0.3) is 5.91 Å². The van der Waals surface area contributed by atoms with Crippen LogP contribution in [0.5, 0.6) is 0 Å². The molecule has 148 valence electrons. The molecule has 1 fully saturated rings. The van der Waals surface area contributed by atoms with Crippen molar-refractivity contribution in [3.8, 4) is 0 Å². The van der Waals surface area contributed by atoms with Crippen molar-refractivity contribution in [1.82, 2.24) is 9.97 Å². The van der Waals surface area contributed by atoms with Crippen LogP contribution in [0.2, 0.25) is 0 Å². The number of carbonyl (C=O) groups is 2. The van der Waals surface area contributed by atoms with Crippen LogP contribution in [-0.4, -0.2) is 27.4 Å². The van der Waals surface area contributed by atoms with Crippen molar-refractivity contribution in [3.05, 3.63) is 46.2 Å². The van der Waals surface area contributed by atoms with Gasteiger partial charge in [-0.1, -0.05) is 22.0 Å². The van der Waals surface area contributed by atoms with Gasteiger partial charge in [-0.15, -0.1) is 0 Å². The number of carbonyl (C=O) groups excluding carboxylic acids is 2. The molecule has 2 aromatic rings. The van der Waals surface area contributed by atoms with Crippen molar-refractivity contribution in [2.45, 2.75) is 31.0 Å². The number of nitrogens with two attached hydrogens (primary N) is 1. The van der Waals surface area contributed by atoms with Crippen LogP contribution in [-0.2, 0) is 15.7 Å². The maximum Gasteiger partial charge on any atom is 0.434 e. The molecule has 0 saturated heterocycles. The topological polar surface area (TPSA) is 107 Å². The third-order valence-corrected chi connectivity index (χ3v) is 4.75. The largest absolute Gasteiger partial charge is 0.445 e. The first-order valence-electron chi connectivity index (χ1n) is 8.11. The van der Waals surface area contributed by atoms with E-state index in [4.69, 9.17) is 10.5 Å². The van der Waals surface area contributed by atoms with Gasteiger partial charge >= 0.3 is 12.1 Å². The van der Waals surface area contributed by atoms with Crippen LogP contribution in [0, 0.1) is 0 Å². The summed E-state index contributed by atoms with van der Waals surface area (Å²) in [5.74, 6) is -2.59. The first-order chi connectivity index (χ1) is 13.1. The highest BCUT2D eigenvalue weighted by Crippen LogP contribution is 2.37. The zero-order chi connectivity index (χ0) is 20.5. The molecule has 1 heterocycles. The fourth-order valence-corrected chi connectivity index (χ4v) is 3.03. The van der Waals surface area contributed by atoms with Crippen LogP contribution in [0.15, 0.2) is 34.9 Å². The summed E-state index contributed by atoms with van der Waals surface area (Å²) >= 11 is 3.24. The molecule has 11 heteroatoms. The highest BCUT2D eigenvalue weighted by Gasteiger charge is 2.48. The molecule has 1 aliphatic rings. The van der Waals surface area contributed by atoms with Crippen molar-refractivity contribution in [2.24, 2.45) is 5.73 Å². The zero-order valence-electron chi connectivity index (χ0n) is 14.2. The van der Waals surface area contributed by atoms with Crippen LogP contribution in [0.4, 0.5) is 24.8 Å². The summed E-state index contributed by atoms with van der Waals surface area (Å²) in [6, 6.07) is 6.63. The molecular weight excluding hydrogens is 445 g/mol. The average molecular weight is 459 g/mol.